The van der Waals surface area contributed by atoms with E-state index >= 15 is 0 Å². The highest BCUT2D eigenvalue weighted by atomic mass is 19.4. The summed E-state index contributed by atoms with van der Waals surface area (Å²) < 4.78 is 44.5. The molecule has 0 amide bonds. The molecule has 1 N–H and O–H groups in total. The molecule has 20 heavy (non-hydrogen) atoms. The Kier molecular flexibility index (Phi) is 4.34. The van der Waals surface area contributed by atoms with Gasteiger partial charge in [0, 0.05) is 25.1 Å². The lowest BCUT2D eigenvalue weighted by Crippen LogP contribution is -2.41. The lowest BCUT2D eigenvalue weighted by atomic mass is 9.77. The Bertz CT molecular complexity index is 456. The first-order valence-electron chi connectivity index (χ1n) is 6.65. The number of pyridine rings is 1. The zero-order valence-electron chi connectivity index (χ0n) is 11.3. The van der Waals surface area contributed by atoms with E-state index in [4.69, 9.17) is 4.74 Å². The van der Waals surface area contributed by atoms with E-state index in [1.807, 2.05) is 0 Å². The lowest BCUT2D eigenvalue weighted by molar-refractivity contribution is -0.147. The van der Waals surface area contributed by atoms with Crippen molar-refractivity contribution in [3.8, 4) is 0 Å². The summed E-state index contributed by atoms with van der Waals surface area (Å²) in [5.74, 6) is 0. The van der Waals surface area contributed by atoms with E-state index < -0.39 is 23.4 Å². The van der Waals surface area contributed by atoms with Crippen LogP contribution in [0.5, 0.6) is 0 Å². The Morgan fingerprint density at radius 1 is 1.30 bits per heavy atom. The van der Waals surface area contributed by atoms with Crippen LogP contribution in [0.1, 0.15) is 49.3 Å². The van der Waals surface area contributed by atoms with E-state index in [-0.39, 0.29) is 5.56 Å². The second kappa shape index (κ2) is 5.69. The van der Waals surface area contributed by atoms with E-state index in [1.165, 1.54) is 7.11 Å². The van der Waals surface area contributed by atoms with Crippen LogP contribution in [0.15, 0.2) is 18.5 Å². The molecule has 1 heterocycles. The van der Waals surface area contributed by atoms with Gasteiger partial charge in [0.1, 0.15) is 6.10 Å². The number of aliphatic hydroxyl groups excluding tert-OH is 1. The van der Waals surface area contributed by atoms with Crippen LogP contribution in [0.3, 0.4) is 0 Å². The number of aromatic nitrogens is 1. The van der Waals surface area contributed by atoms with Crippen molar-refractivity contribution in [1.82, 2.24) is 4.98 Å². The maximum absolute atomic E-state index is 13.0. The van der Waals surface area contributed by atoms with Crippen molar-refractivity contribution in [2.45, 2.75) is 50.0 Å². The summed E-state index contributed by atoms with van der Waals surface area (Å²) >= 11 is 0. The Hall–Kier alpha value is -1.14. The Balaban J connectivity index is 2.40. The molecule has 0 radical (unpaired) electrons. The number of methoxy groups -OCH3 is 1. The first kappa shape index (κ1) is 15.3. The lowest BCUT2D eigenvalue weighted by Gasteiger charge is -2.40. The van der Waals surface area contributed by atoms with Crippen LogP contribution < -0.4 is 0 Å². The molecule has 1 atom stereocenters. The molecule has 0 aromatic carbocycles. The fraction of sp³-hybridized carbons (Fsp3) is 0.643. The van der Waals surface area contributed by atoms with E-state index in [0.29, 0.717) is 12.8 Å². The van der Waals surface area contributed by atoms with Crippen molar-refractivity contribution in [3.05, 3.63) is 29.6 Å². The van der Waals surface area contributed by atoms with Crippen LogP contribution in [-0.2, 0) is 10.9 Å². The third-order valence-corrected chi connectivity index (χ3v) is 4.06. The smallest absolute Gasteiger partial charge is 0.385 e. The topological polar surface area (TPSA) is 42.4 Å². The predicted octanol–water partition coefficient (Wildman–Crippen LogP) is 3.48. The van der Waals surface area contributed by atoms with Gasteiger partial charge in [0.25, 0.3) is 0 Å². The van der Waals surface area contributed by atoms with Gasteiger partial charge >= 0.3 is 6.18 Å². The first-order valence-corrected chi connectivity index (χ1v) is 6.65. The molecule has 0 saturated heterocycles. The van der Waals surface area contributed by atoms with Crippen molar-refractivity contribution < 1.29 is 23.0 Å². The number of hydrogen-bond acceptors (Lipinski definition) is 3. The Morgan fingerprint density at radius 3 is 2.50 bits per heavy atom. The third kappa shape index (κ3) is 2.81. The maximum atomic E-state index is 13.0. The molecular formula is C14H18F3NO2. The van der Waals surface area contributed by atoms with E-state index in [0.717, 1.165) is 37.7 Å². The van der Waals surface area contributed by atoms with Crippen molar-refractivity contribution in [2.75, 3.05) is 7.11 Å². The standard InChI is InChI=1S/C14H18F3NO2/c1-20-13(6-3-2-4-7-13)12(19)10-9-18-8-5-11(10)14(15,16)17/h5,8-9,12,19H,2-4,6-7H2,1H3. The summed E-state index contributed by atoms with van der Waals surface area (Å²) in [6.07, 6.45) is 0.132. The maximum Gasteiger partial charge on any atom is 0.416 e. The van der Waals surface area contributed by atoms with Crippen LogP contribution in [0, 0.1) is 0 Å². The van der Waals surface area contributed by atoms with E-state index in [1.54, 1.807) is 0 Å². The molecule has 0 bridgehead atoms. The molecule has 1 saturated carbocycles. The Morgan fingerprint density at radius 2 is 1.95 bits per heavy atom. The molecule has 1 aromatic rings. The number of hydrogen-bond donors (Lipinski definition) is 1. The molecule has 6 heteroatoms. The minimum atomic E-state index is -4.51. The fourth-order valence-electron chi connectivity index (χ4n) is 2.91. The van der Waals surface area contributed by atoms with E-state index in [2.05, 4.69) is 4.98 Å². The monoisotopic (exact) mass is 289 g/mol. The largest absolute Gasteiger partial charge is 0.416 e. The van der Waals surface area contributed by atoms with Crippen molar-refractivity contribution >= 4 is 0 Å². The summed E-state index contributed by atoms with van der Waals surface area (Å²) in [5.41, 5.74) is -1.99. The van der Waals surface area contributed by atoms with Crippen LogP contribution in [-0.4, -0.2) is 22.8 Å². The number of halogens is 3. The van der Waals surface area contributed by atoms with Gasteiger partial charge in [-0.25, -0.2) is 0 Å². The number of alkyl halides is 3. The van der Waals surface area contributed by atoms with Crippen LogP contribution in [0.4, 0.5) is 13.2 Å². The molecule has 1 fully saturated rings. The number of rotatable bonds is 3. The molecule has 112 valence electrons. The van der Waals surface area contributed by atoms with Gasteiger partial charge in [0.05, 0.1) is 11.2 Å². The molecule has 1 unspecified atom stereocenters. The van der Waals surface area contributed by atoms with Gasteiger partial charge in [0.2, 0.25) is 0 Å². The van der Waals surface area contributed by atoms with Crippen molar-refractivity contribution in [3.63, 3.8) is 0 Å². The zero-order valence-corrected chi connectivity index (χ0v) is 11.3. The highest BCUT2D eigenvalue weighted by Crippen LogP contribution is 2.44. The molecule has 3 nitrogen and oxygen atoms in total. The minimum absolute atomic E-state index is 0.205. The minimum Gasteiger partial charge on any atom is -0.385 e. The summed E-state index contributed by atoms with van der Waals surface area (Å²) in [6, 6.07) is 0.894. The highest BCUT2D eigenvalue weighted by molar-refractivity contribution is 5.30. The first-order chi connectivity index (χ1) is 9.41. The number of ether oxygens (including phenoxy) is 1. The fourth-order valence-corrected chi connectivity index (χ4v) is 2.91. The SMILES string of the molecule is COC1(C(O)c2cnccc2C(F)(F)F)CCCCC1. The predicted molar refractivity (Wildman–Crippen MR) is 67.0 cm³/mol. The highest BCUT2D eigenvalue weighted by Gasteiger charge is 2.44. The molecule has 1 aromatic heterocycles. The number of aliphatic hydroxyl groups is 1. The second-order valence-corrected chi connectivity index (χ2v) is 5.19. The molecular weight excluding hydrogens is 271 g/mol. The van der Waals surface area contributed by atoms with Gasteiger partial charge in [-0.15, -0.1) is 0 Å². The summed E-state index contributed by atoms with van der Waals surface area (Å²) in [6.45, 7) is 0. The molecule has 0 spiro atoms. The Labute approximate surface area is 115 Å². The number of nitrogens with zero attached hydrogens (tertiary/aromatic N) is 1. The summed E-state index contributed by atoms with van der Waals surface area (Å²) in [4.78, 5) is 3.72. The average Bonchev–Trinajstić information content (AvgIpc) is 2.46. The summed E-state index contributed by atoms with van der Waals surface area (Å²) in [7, 11) is 1.44. The van der Waals surface area contributed by atoms with Gasteiger partial charge in [-0.05, 0) is 18.9 Å². The van der Waals surface area contributed by atoms with Crippen LogP contribution in [0.2, 0.25) is 0 Å². The van der Waals surface area contributed by atoms with Gasteiger partial charge in [0.15, 0.2) is 0 Å². The van der Waals surface area contributed by atoms with Crippen molar-refractivity contribution in [2.24, 2.45) is 0 Å². The molecule has 1 aliphatic rings. The van der Waals surface area contributed by atoms with Gasteiger partial charge in [-0.3, -0.25) is 4.98 Å². The molecule has 0 aliphatic heterocycles. The van der Waals surface area contributed by atoms with Crippen LogP contribution in [0.25, 0.3) is 0 Å². The van der Waals surface area contributed by atoms with Crippen molar-refractivity contribution in [1.29, 1.82) is 0 Å². The quantitative estimate of drug-likeness (QED) is 0.926. The summed E-state index contributed by atoms with van der Waals surface area (Å²) in [5, 5.41) is 10.5. The van der Waals surface area contributed by atoms with E-state index in [9.17, 15) is 18.3 Å². The van der Waals surface area contributed by atoms with Crippen LogP contribution >= 0.6 is 0 Å². The zero-order chi connectivity index (χ0) is 14.8. The molecule has 1 aliphatic carbocycles. The third-order valence-electron chi connectivity index (χ3n) is 4.06. The van der Waals surface area contributed by atoms with Gasteiger partial charge in [-0.2, -0.15) is 13.2 Å². The normalized spacial score (nSPS) is 20.6. The second-order valence-electron chi connectivity index (χ2n) is 5.19. The van der Waals surface area contributed by atoms with Gasteiger partial charge in [-0.1, -0.05) is 19.3 Å². The molecule has 2 rings (SSSR count). The average molecular weight is 289 g/mol. The van der Waals surface area contributed by atoms with Gasteiger partial charge < -0.3 is 9.84 Å².